The van der Waals surface area contributed by atoms with E-state index in [1.807, 2.05) is 0 Å². The number of amides is 1. The number of phenols is 1. The SMILES string of the molecule is O=C1CN(c2c(O)cc3c(c2F)CN(CCC2(C(F)(F)F)CC2)CC3)S(=O)(=O)N1. The van der Waals surface area contributed by atoms with Crippen molar-refractivity contribution in [2.75, 3.05) is 23.9 Å². The van der Waals surface area contributed by atoms with Crippen LogP contribution < -0.4 is 9.03 Å². The summed E-state index contributed by atoms with van der Waals surface area (Å²) in [4.78, 5) is 13.1. The number of hydrogen-bond donors (Lipinski definition) is 2. The van der Waals surface area contributed by atoms with Crippen molar-refractivity contribution in [3.05, 3.63) is 23.0 Å². The van der Waals surface area contributed by atoms with E-state index in [0.29, 0.717) is 22.8 Å². The lowest BCUT2D eigenvalue weighted by atomic mass is 9.96. The molecule has 2 aliphatic heterocycles. The van der Waals surface area contributed by atoms with Crippen molar-refractivity contribution in [2.24, 2.45) is 5.41 Å². The van der Waals surface area contributed by atoms with Crippen LogP contribution in [0.4, 0.5) is 23.2 Å². The van der Waals surface area contributed by atoms with Crippen molar-refractivity contribution in [3.63, 3.8) is 0 Å². The Morgan fingerprint density at radius 3 is 2.48 bits per heavy atom. The summed E-state index contributed by atoms with van der Waals surface area (Å²) in [7, 11) is -4.32. The molecule has 160 valence electrons. The molecular weight excluding hydrogens is 418 g/mol. The highest BCUT2D eigenvalue weighted by Crippen LogP contribution is 2.60. The molecular formula is C17H19F4N3O4S. The smallest absolute Gasteiger partial charge is 0.394 e. The van der Waals surface area contributed by atoms with E-state index in [1.165, 1.54) is 6.07 Å². The lowest BCUT2D eigenvalue weighted by molar-refractivity contribution is -0.189. The second-order valence-electron chi connectivity index (χ2n) is 7.79. The summed E-state index contributed by atoms with van der Waals surface area (Å²) in [5.74, 6) is -2.45. The molecule has 0 atom stereocenters. The van der Waals surface area contributed by atoms with Crippen molar-refractivity contribution in [1.29, 1.82) is 0 Å². The molecule has 2 N–H and O–H groups in total. The third kappa shape index (κ3) is 3.41. The van der Waals surface area contributed by atoms with E-state index in [4.69, 9.17) is 0 Å². The number of benzene rings is 1. The van der Waals surface area contributed by atoms with E-state index in [-0.39, 0.29) is 37.9 Å². The quantitative estimate of drug-likeness (QED) is 0.702. The predicted molar refractivity (Wildman–Crippen MR) is 93.8 cm³/mol. The number of alkyl halides is 3. The number of phenolic OH excluding ortho intramolecular Hbond substituents is 1. The molecule has 2 heterocycles. The average molecular weight is 437 g/mol. The molecule has 0 bridgehead atoms. The summed E-state index contributed by atoms with van der Waals surface area (Å²) in [6, 6.07) is 1.25. The molecule has 3 aliphatic rings. The van der Waals surface area contributed by atoms with Crippen molar-refractivity contribution in [2.45, 2.75) is 38.4 Å². The van der Waals surface area contributed by atoms with Crippen LogP contribution in [0.5, 0.6) is 5.75 Å². The first-order chi connectivity index (χ1) is 13.4. The van der Waals surface area contributed by atoms with Crippen LogP contribution in [0, 0.1) is 11.2 Å². The Morgan fingerprint density at radius 1 is 1.24 bits per heavy atom. The Hall–Kier alpha value is -2.08. The van der Waals surface area contributed by atoms with Gasteiger partial charge in [-0.15, -0.1) is 0 Å². The lowest BCUT2D eigenvalue weighted by Crippen LogP contribution is -2.36. The minimum Gasteiger partial charge on any atom is -0.506 e. The molecule has 1 aliphatic carbocycles. The summed E-state index contributed by atoms with van der Waals surface area (Å²) < 4.78 is 80.8. The summed E-state index contributed by atoms with van der Waals surface area (Å²) in [6.45, 7) is -0.126. The molecule has 4 rings (SSSR count). The van der Waals surface area contributed by atoms with Crippen LogP contribution >= 0.6 is 0 Å². The van der Waals surface area contributed by atoms with Crippen molar-refractivity contribution >= 4 is 21.8 Å². The van der Waals surface area contributed by atoms with Gasteiger partial charge in [0.05, 0.1) is 5.41 Å². The van der Waals surface area contributed by atoms with Crippen molar-refractivity contribution in [3.8, 4) is 5.75 Å². The Morgan fingerprint density at radius 2 is 1.93 bits per heavy atom. The van der Waals surface area contributed by atoms with Gasteiger partial charge in [-0.05, 0) is 43.9 Å². The number of aromatic hydroxyl groups is 1. The van der Waals surface area contributed by atoms with Crippen LogP contribution in [0.3, 0.4) is 0 Å². The van der Waals surface area contributed by atoms with E-state index in [1.54, 1.807) is 9.62 Å². The topological polar surface area (TPSA) is 90.0 Å². The van der Waals surface area contributed by atoms with Crippen LogP contribution in [-0.2, 0) is 28.0 Å². The van der Waals surface area contributed by atoms with Gasteiger partial charge < -0.3 is 5.11 Å². The number of anilines is 1. The van der Waals surface area contributed by atoms with E-state index >= 15 is 4.39 Å². The Bertz CT molecular complexity index is 976. The number of nitrogens with one attached hydrogen (secondary N) is 1. The second-order valence-corrected chi connectivity index (χ2v) is 9.38. The van der Waals surface area contributed by atoms with Crippen molar-refractivity contribution in [1.82, 2.24) is 9.62 Å². The van der Waals surface area contributed by atoms with E-state index in [2.05, 4.69) is 0 Å². The molecule has 0 aromatic heterocycles. The van der Waals surface area contributed by atoms with Crippen LogP contribution in [-0.4, -0.2) is 50.1 Å². The molecule has 0 spiro atoms. The summed E-state index contributed by atoms with van der Waals surface area (Å²) in [5, 5.41) is 10.2. The monoisotopic (exact) mass is 437 g/mol. The fourth-order valence-corrected chi connectivity index (χ4v) is 5.13. The molecule has 29 heavy (non-hydrogen) atoms. The van der Waals surface area contributed by atoms with Crippen molar-refractivity contribution < 1.29 is 35.9 Å². The average Bonchev–Trinajstić information content (AvgIpc) is 3.35. The second kappa shape index (κ2) is 6.46. The molecule has 2 fully saturated rings. The number of hydrogen-bond acceptors (Lipinski definition) is 5. The number of carbonyl (C=O) groups excluding carboxylic acids is 1. The molecule has 1 saturated carbocycles. The van der Waals surface area contributed by atoms with E-state index in [0.717, 1.165) is 0 Å². The zero-order chi connectivity index (χ0) is 21.2. The van der Waals surface area contributed by atoms with Gasteiger partial charge in [-0.1, -0.05) is 0 Å². The van der Waals surface area contributed by atoms with Gasteiger partial charge >= 0.3 is 16.4 Å². The predicted octanol–water partition coefficient (Wildman–Crippen LogP) is 1.80. The number of nitrogens with zero attached hydrogens (tertiary/aromatic N) is 2. The zero-order valence-corrected chi connectivity index (χ0v) is 16.0. The van der Waals surface area contributed by atoms with Gasteiger partial charge in [0.15, 0.2) is 5.82 Å². The highest BCUT2D eigenvalue weighted by Gasteiger charge is 2.62. The van der Waals surface area contributed by atoms with Crippen LogP contribution in [0.15, 0.2) is 6.07 Å². The maximum atomic E-state index is 15.2. The summed E-state index contributed by atoms with van der Waals surface area (Å²) in [6.07, 6.45) is -3.82. The standard InChI is InChI=1S/C17H19F4N3O4S/c18-14-11-8-23(6-4-16(2-3-16)17(19,20)21)5-1-10(11)7-12(25)15(14)24-9-13(26)22-29(24,27)28/h7,25H,1-6,8-9H2,(H,22,26). The van der Waals surface area contributed by atoms with Gasteiger partial charge in [-0.25, -0.2) is 13.4 Å². The molecule has 0 radical (unpaired) electrons. The zero-order valence-electron chi connectivity index (χ0n) is 15.2. The molecule has 1 aromatic rings. The maximum Gasteiger partial charge on any atom is 0.394 e. The van der Waals surface area contributed by atoms with Gasteiger partial charge in [-0.3, -0.25) is 9.69 Å². The third-order valence-electron chi connectivity index (χ3n) is 5.92. The van der Waals surface area contributed by atoms with Gasteiger partial charge in [0.2, 0.25) is 0 Å². The molecule has 12 heteroatoms. The first-order valence-corrected chi connectivity index (χ1v) is 10.5. The minimum absolute atomic E-state index is 0.00233. The van der Waals surface area contributed by atoms with Gasteiger partial charge in [0, 0.05) is 18.7 Å². The van der Waals surface area contributed by atoms with Gasteiger partial charge in [0.1, 0.15) is 18.0 Å². The molecule has 7 nitrogen and oxygen atoms in total. The number of rotatable bonds is 4. The van der Waals surface area contributed by atoms with E-state index in [9.17, 15) is 31.5 Å². The molecule has 1 aromatic carbocycles. The maximum absolute atomic E-state index is 15.2. The van der Waals surface area contributed by atoms with Crippen LogP contribution in [0.1, 0.15) is 30.4 Å². The largest absolute Gasteiger partial charge is 0.506 e. The fraction of sp³-hybridized carbons (Fsp3) is 0.588. The highest BCUT2D eigenvalue weighted by molar-refractivity contribution is 7.92. The molecule has 1 saturated heterocycles. The highest BCUT2D eigenvalue weighted by atomic mass is 32.2. The minimum atomic E-state index is -4.32. The number of carbonyl (C=O) groups is 1. The third-order valence-corrected chi connectivity index (χ3v) is 7.30. The van der Waals surface area contributed by atoms with Gasteiger partial charge in [-0.2, -0.15) is 21.6 Å². The Labute approximate surface area is 164 Å². The van der Waals surface area contributed by atoms with Crippen LogP contribution in [0.25, 0.3) is 0 Å². The summed E-state index contributed by atoms with van der Waals surface area (Å²) in [5.41, 5.74) is -1.69. The number of halogens is 4. The van der Waals surface area contributed by atoms with Gasteiger partial charge in [0.25, 0.3) is 5.91 Å². The lowest BCUT2D eigenvalue weighted by Gasteiger charge is -2.32. The molecule has 1 amide bonds. The summed E-state index contributed by atoms with van der Waals surface area (Å²) >= 11 is 0. The Kier molecular flexibility index (Phi) is 4.50. The Balaban J connectivity index is 1.58. The molecule has 0 unspecified atom stereocenters. The fourth-order valence-electron chi connectivity index (χ4n) is 3.96. The number of fused-ring (bicyclic) bond motifs is 1. The first kappa shape index (κ1) is 20.2. The van der Waals surface area contributed by atoms with E-state index < -0.39 is 51.5 Å². The normalized spacial score (nSPS) is 23.0. The first-order valence-electron chi connectivity index (χ1n) is 9.09. The van der Waals surface area contributed by atoms with Crippen LogP contribution in [0.2, 0.25) is 0 Å².